The Kier molecular flexibility index (Phi) is 6.22. The summed E-state index contributed by atoms with van der Waals surface area (Å²) in [5.74, 6) is -0.0997. The van der Waals surface area contributed by atoms with Crippen LogP contribution < -0.4 is 0 Å². The van der Waals surface area contributed by atoms with Crippen LogP contribution >= 0.6 is 31.9 Å². The van der Waals surface area contributed by atoms with Gasteiger partial charge in [0.05, 0.1) is 5.69 Å². The molecule has 0 atom stereocenters. The molecule has 1 aromatic heterocycles. The van der Waals surface area contributed by atoms with Crippen molar-refractivity contribution in [1.82, 2.24) is 9.78 Å². The number of aliphatic imine (C=N–C) groups is 1. The average molecular weight is 465 g/mol. The summed E-state index contributed by atoms with van der Waals surface area (Å²) in [6.45, 7) is 3.26. The molecule has 1 aromatic carbocycles. The fraction of sp³-hybridized carbons (Fsp3) is 0.267. The number of hydrogen-bond donors (Lipinski definition) is 0. The van der Waals surface area contributed by atoms with Gasteiger partial charge >= 0.3 is 0 Å². The van der Waals surface area contributed by atoms with Crippen molar-refractivity contribution in [3.05, 3.63) is 44.1 Å². The van der Waals surface area contributed by atoms with Crippen molar-refractivity contribution in [2.24, 2.45) is 4.99 Å². The van der Waals surface area contributed by atoms with Crippen LogP contribution in [0, 0.1) is 13.8 Å². The molecular formula is C15H13Br2F2N3O2. The highest BCUT2D eigenvalue weighted by Gasteiger charge is 2.18. The Morgan fingerprint density at radius 1 is 1.33 bits per heavy atom. The lowest BCUT2D eigenvalue weighted by Crippen LogP contribution is -2.17. The molecule has 0 unspecified atom stereocenters. The first kappa shape index (κ1) is 18.7. The van der Waals surface area contributed by atoms with Gasteiger partial charge in [0.25, 0.3) is 12.9 Å². The van der Waals surface area contributed by atoms with E-state index < -0.39 is 13.0 Å². The summed E-state index contributed by atoms with van der Waals surface area (Å²) >= 11 is 6.53. The maximum absolute atomic E-state index is 12.7. The molecule has 2 aromatic rings. The topological polar surface area (TPSA) is 56.5 Å². The summed E-state index contributed by atoms with van der Waals surface area (Å²) < 4.78 is 32.7. The normalized spacial score (nSPS) is 11.9. The molecule has 24 heavy (non-hydrogen) atoms. The van der Waals surface area contributed by atoms with E-state index in [4.69, 9.17) is 4.74 Å². The van der Waals surface area contributed by atoms with Crippen molar-refractivity contribution in [2.75, 3.05) is 0 Å². The molecule has 0 bridgehead atoms. The van der Waals surface area contributed by atoms with Crippen molar-refractivity contribution >= 4 is 49.9 Å². The largest absolute Gasteiger partial charge is 0.407 e. The zero-order valence-electron chi connectivity index (χ0n) is 12.8. The number of ether oxygens (including phenoxy) is 1. The SMILES string of the molecule is Cc1cc(Br)cc(C)c1N=C(OC=O)c1cc(Br)nn1CC(F)F. The second-order valence-corrected chi connectivity index (χ2v) is 6.67. The highest BCUT2D eigenvalue weighted by molar-refractivity contribution is 9.10. The van der Waals surface area contributed by atoms with Gasteiger partial charge < -0.3 is 4.74 Å². The predicted molar refractivity (Wildman–Crippen MR) is 92.9 cm³/mol. The molecule has 0 saturated heterocycles. The van der Waals surface area contributed by atoms with Crippen molar-refractivity contribution in [1.29, 1.82) is 0 Å². The fourth-order valence-corrected chi connectivity index (χ4v) is 3.29. The van der Waals surface area contributed by atoms with Crippen LogP contribution in [0.15, 0.2) is 32.3 Å². The number of carbonyl (C=O) groups is 1. The number of rotatable bonds is 5. The molecule has 0 aliphatic carbocycles. The van der Waals surface area contributed by atoms with Gasteiger partial charge in [0, 0.05) is 10.5 Å². The molecule has 1 heterocycles. The summed E-state index contributed by atoms with van der Waals surface area (Å²) in [4.78, 5) is 15.2. The lowest BCUT2D eigenvalue weighted by atomic mass is 10.1. The first-order valence-corrected chi connectivity index (χ1v) is 8.38. The van der Waals surface area contributed by atoms with Crippen LogP contribution in [0.1, 0.15) is 16.8 Å². The minimum Gasteiger partial charge on any atom is -0.407 e. The number of hydrogen-bond acceptors (Lipinski definition) is 4. The van der Waals surface area contributed by atoms with Gasteiger partial charge in [-0.05, 0) is 53.0 Å². The molecule has 0 spiro atoms. The van der Waals surface area contributed by atoms with E-state index in [9.17, 15) is 13.6 Å². The first-order valence-electron chi connectivity index (χ1n) is 6.79. The Morgan fingerprint density at radius 2 is 1.96 bits per heavy atom. The van der Waals surface area contributed by atoms with E-state index in [0.717, 1.165) is 20.3 Å². The number of halogens is 4. The predicted octanol–water partition coefficient (Wildman–Crippen LogP) is 4.54. The fourth-order valence-electron chi connectivity index (χ4n) is 2.20. The van der Waals surface area contributed by atoms with E-state index in [1.165, 1.54) is 6.07 Å². The molecule has 0 aliphatic heterocycles. The van der Waals surface area contributed by atoms with E-state index >= 15 is 0 Å². The molecule has 128 valence electrons. The van der Waals surface area contributed by atoms with Crippen molar-refractivity contribution < 1.29 is 18.3 Å². The van der Waals surface area contributed by atoms with Crippen LogP contribution in [0.25, 0.3) is 0 Å². The highest BCUT2D eigenvalue weighted by atomic mass is 79.9. The number of aryl methyl sites for hydroxylation is 2. The molecule has 0 saturated carbocycles. The third-order valence-corrected chi connectivity index (χ3v) is 3.95. The Bertz CT molecular complexity index is 768. The zero-order valence-corrected chi connectivity index (χ0v) is 15.9. The van der Waals surface area contributed by atoms with E-state index in [0.29, 0.717) is 10.3 Å². The molecule has 0 aliphatic rings. The molecule has 0 amide bonds. The summed E-state index contributed by atoms with van der Waals surface area (Å²) in [6.07, 6.45) is -2.61. The van der Waals surface area contributed by atoms with Crippen molar-refractivity contribution in [3.8, 4) is 0 Å². The zero-order chi connectivity index (χ0) is 17.9. The molecular weight excluding hydrogens is 452 g/mol. The molecule has 0 radical (unpaired) electrons. The van der Waals surface area contributed by atoms with E-state index in [-0.39, 0.29) is 18.1 Å². The van der Waals surface area contributed by atoms with Gasteiger partial charge in [-0.2, -0.15) is 5.10 Å². The lowest BCUT2D eigenvalue weighted by Gasteiger charge is -2.10. The van der Waals surface area contributed by atoms with Crippen LogP contribution in [0.5, 0.6) is 0 Å². The monoisotopic (exact) mass is 463 g/mol. The van der Waals surface area contributed by atoms with Crippen LogP contribution in [0.2, 0.25) is 0 Å². The van der Waals surface area contributed by atoms with Gasteiger partial charge in [-0.3, -0.25) is 9.48 Å². The lowest BCUT2D eigenvalue weighted by molar-refractivity contribution is -0.121. The highest BCUT2D eigenvalue weighted by Crippen LogP contribution is 2.29. The van der Waals surface area contributed by atoms with Gasteiger partial charge in [0.15, 0.2) is 0 Å². The van der Waals surface area contributed by atoms with Crippen LogP contribution in [-0.2, 0) is 16.1 Å². The molecule has 9 heteroatoms. The molecule has 0 fully saturated rings. The second-order valence-electron chi connectivity index (χ2n) is 4.94. The minimum absolute atomic E-state index is 0.0997. The third kappa shape index (κ3) is 4.47. The summed E-state index contributed by atoms with van der Waals surface area (Å²) in [6, 6.07) is 5.18. The summed E-state index contributed by atoms with van der Waals surface area (Å²) in [5, 5.41) is 3.92. The van der Waals surface area contributed by atoms with Gasteiger partial charge in [-0.1, -0.05) is 15.9 Å². The minimum atomic E-state index is -2.61. The first-order chi connectivity index (χ1) is 11.3. The van der Waals surface area contributed by atoms with Crippen LogP contribution in [0.3, 0.4) is 0 Å². The molecule has 2 rings (SSSR count). The van der Waals surface area contributed by atoms with E-state index in [1.807, 2.05) is 26.0 Å². The Morgan fingerprint density at radius 3 is 2.50 bits per heavy atom. The summed E-state index contributed by atoms with van der Waals surface area (Å²) in [5.41, 5.74) is 2.45. The Balaban J connectivity index is 2.57. The summed E-state index contributed by atoms with van der Waals surface area (Å²) in [7, 11) is 0. The van der Waals surface area contributed by atoms with Gasteiger partial charge in [-0.25, -0.2) is 13.8 Å². The van der Waals surface area contributed by atoms with Gasteiger partial charge in [0.1, 0.15) is 16.8 Å². The van der Waals surface area contributed by atoms with Crippen LogP contribution in [0.4, 0.5) is 14.5 Å². The molecule has 0 N–H and O–H groups in total. The van der Waals surface area contributed by atoms with E-state index in [1.54, 1.807) is 0 Å². The quantitative estimate of drug-likeness (QED) is 0.370. The maximum atomic E-state index is 12.7. The Hall–Kier alpha value is -1.61. The standard InChI is InChI=1S/C15H13Br2F2N3O2/c1-8-3-10(16)4-9(2)14(8)20-15(24-7-23)11-5-12(17)21-22(11)6-13(18)19/h3-5,7,13H,6H2,1-2H3. The number of alkyl halides is 2. The number of benzene rings is 1. The Labute approximate surface area is 154 Å². The number of nitrogens with zero attached hydrogens (tertiary/aromatic N) is 3. The van der Waals surface area contributed by atoms with Crippen molar-refractivity contribution in [3.63, 3.8) is 0 Å². The second kappa shape index (κ2) is 7.98. The van der Waals surface area contributed by atoms with Crippen molar-refractivity contribution in [2.45, 2.75) is 26.8 Å². The maximum Gasteiger partial charge on any atom is 0.299 e. The number of carbonyl (C=O) groups excluding carboxylic acids is 1. The van der Waals surface area contributed by atoms with Crippen LogP contribution in [-0.4, -0.2) is 28.6 Å². The van der Waals surface area contributed by atoms with Gasteiger partial charge in [0.2, 0.25) is 5.90 Å². The molecule has 5 nitrogen and oxygen atoms in total. The smallest absolute Gasteiger partial charge is 0.299 e. The van der Waals surface area contributed by atoms with E-state index in [2.05, 4.69) is 42.0 Å². The third-order valence-electron chi connectivity index (χ3n) is 3.11. The number of aromatic nitrogens is 2. The van der Waals surface area contributed by atoms with Gasteiger partial charge in [-0.15, -0.1) is 0 Å². The average Bonchev–Trinajstić information content (AvgIpc) is 2.81.